The maximum atomic E-state index is 10.6. The third-order valence-corrected chi connectivity index (χ3v) is 2.58. The molecule has 0 aromatic heterocycles. The van der Waals surface area contributed by atoms with Crippen molar-refractivity contribution in [1.82, 2.24) is 0 Å². The molecule has 0 atom stereocenters. The van der Waals surface area contributed by atoms with E-state index in [1.165, 1.54) is 0 Å². The van der Waals surface area contributed by atoms with Crippen LogP contribution >= 0.6 is 0 Å². The van der Waals surface area contributed by atoms with E-state index in [1.54, 1.807) is 0 Å². The Morgan fingerprint density at radius 2 is 2.18 bits per heavy atom. The molecule has 94 valence electrons. The van der Waals surface area contributed by atoms with Gasteiger partial charge < -0.3 is 9.84 Å². The number of carboxylic acid groups (broad SMARTS) is 1. The SMILES string of the molecule is CCCCOc1ccc(C)cc1CCC(=O)O. The molecule has 0 aliphatic carbocycles. The lowest BCUT2D eigenvalue weighted by molar-refractivity contribution is -0.136. The molecule has 0 aliphatic heterocycles. The van der Waals surface area contributed by atoms with Crippen molar-refractivity contribution in [1.29, 1.82) is 0 Å². The van der Waals surface area contributed by atoms with Gasteiger partial charge in [-0.1, -0.05) is 31.0 Å². The van der Waals surface area contributed by atoms with Gasteiger partial charge in [-0.05, 0) is 31.4 Å². The van der Waals surface area contributed by atoms with Gasteiger partial charge in [0.2, 0.25) is 0 Å². The summed E-state index contributed by atoms with van der Waals surface area (Å²) in [6, 6.07) is 5.93. The molecule has 0 fully saturated rings. The first kappa shape index (κ1) is 13.6. The molecule has 0 radical (unpaired) electrons. The van der Waals surface area contributed by atoms with Gasteiger partial charge in [-0.2, -0.15) is 0 Å². The minimum absolute atomic E-state index is 0.146. The van der Waals surface area contributed by atoms with Crippen molar-refractivity contribution in [3.05, 3.63) is 29.3 Å². The number of hydrogen-bond acceptors (Lipinski definition) is 2. The van der Waals surface area contributed by atoms with Crippen molar-refractivity contribution in [2.75, 3.05) is 6.61 Å². The van der Waals surface area contributed by atoms with E-state index in [1.807, 2.05) is 25.1 Å². The number of hydrogen-bond donors (Lipinski definition) is 1. The molecule has 0 heterocycles. The summed E-state index contributed by atoms with van der Waals surface area (Å²) in [5.74, 6) is 0.0521. The van der Waals surface area contributed by atoms with Gasteiger partial charge in [-0.25, -0.2) is 0 Å². The average Bonchev–Trinajstić information content (AvgIpc) is 2.29. The van der Waals surface area contributed by atoms with Crippen LogP contribution in [0.15, 0.2) is 18.2 Å². The molecule has 0 aliphatic rings. The number of aliphatic carboxylic acids is 1. The van der Waals surface area contributed by atoms with Crippen LogP contribution in [-0.4, -0.2) is 17.7 Å². The predicted molar refractivity (Wildman–Crippen MR) is 67.5 cm³/mol. The zero-order valence-corrected chi connectivity index (χ0v) is 10.5. The Kier molecular flexibility index (Phi) is 5.53. The van der Waals surface area contributed by atoms with E-state index in [2.05, 4.69) is 6.92 Å². The third kappa shape index (κ3) is 4.89. The van der Waals surface area contributed by atoms with E-state index in [0.29, 0.717) is 13.0 Å². The lowest BCUT2D eigenvalue weighted by atomic mass is 10.1. The molecule has 0 amide bonds. The van der Waals surface area contributed by atoms with Crippen LogP contribution in [0.4, 0.5) is 0 Å². The summed E-state index contributed by atoms with van der Waals surface area (Å²) in [7, 11) is 0. The third-order valence-electron chi connectivity index (χ3n) is 2.58. The number of ether oxygens (including phenoxy) is 1. The molecule has 0 saturated heterocycles. The van der Waals surface area contributed by atoms with Gasteiger partial charge in [0.15, 0.2) is 0 Å². The van der Waals surface area contributed by atoms with Crippen LogP contribution in [0.5, 0.6) is 5.75 Å². The van der Waals surface area contributed by atoms with E-state index < -0.39 is 5.97 Å². The largest absolute Gasteiger partial charge is 0.493 e. The maximum Gasteiger partial charge on any atom is 0.303 e. The van der Waals surface area contributed by atoms with Gasteiger partial charge >= 0.3 is 5.97 Å². The Bertz CT molecular complexity index is 372. The number of rotatable bonds is 7. The molecule has 3 nitrogen and oxygen atoms in total. The van der Waals surface area contributed by atoms with Crippen molar-refractivity contribution in [2.45, 2.75) is 39.5 Å². The Labute approximate surface area is 102 Å². The predicted octanol–water partition coefficient (Wildman–Crippen LogP) is 3.19. The van der Waals surface area contributed by atoms with Gasteiger partial charge in [-0.3, -0.25) is 4.79 Å². The first-order valence-corrected chi connectivity index (χ1v) is 6.07. The number of benzene rings is 1. The monoisotopic (exact) mass is 236 g/mol. The smallest absolute Gasteiger partial charge is 0.303 e. The maximum absolute atomic E-state index is 10.6. The number of carbonyl (C=O) groups is 1. The Morgan fingerprint density at radius 3 is 2.82 bits per heavy atom. The summed E-state index contributed by atoms with van der Waals surface area (Å²) in [4.78, 5) is 10.6. The zero-order valence-electron chi connectivity index (χ0n) is 10.5. The Hall–Kier alpha value is -1.51. The minimum Gasteiger partial charge on any atom is -0.493 e. The van der Waals surface area contributed by atoms with Gasteiger partial charge in [0.1, 0.15) is 5.75 Å². The van der Waals surface area contributed by atoms with Gasteiger partial charge in [0.05, 0.1) is 6.61 Å². The fraction of sp³-hybridized carbons (Fsp3) is 0.500. The van der Waals surface area contributed by atoms with Crippen molar-refractivity contribution >= 4 is 5.97 Å². The van der Waals surface area contributed by atoms with Gasteiger partial charge in [0, 0.05) is 6.42 Å². The van der Waals surface area contributed by atoms with E-state index in [0.717, 1.165) is 29.7 Å². The van der Waals surface area contributed by atoms with Crippen LogP contribution in [0.3, 0.4) is 0 Å². The summed E-state index contributed by atoms with van der Waals surface area (Å²) in [5.41, 5.74) is 2.12. The first-order valence-electron chi connectivity index (χ1n) is 6.07. The lowest BCUT2D eigenvalue weighted by Gasteiger charge is -2.11. The van der Waals surface area contributed by atoms with E-state index in [-0.39, 0.29) is 6.42 Å². The highest BCUT2D eigenvalue weighted by Gasteiger charge is 2.06. The summed E-state index contributed by atoms with van der Waals surface area (Å²) >= 11 is 0. The molecule has 0 saturated carbocycles. The van der Waals surface area contributed by atoms with E-state index in [4.69, 9.17) is 9.84 Å². The highest BCUT2D eigenvalue weighted by atomic mass is 16.5. The second kappa shape index (κ2) is 6.94. The average molecular weight is 236 g/mol. The fourth-order valence-corrected chi connectivity index (χ4v) is 1.61. The summed E-state index contributed by atoms with van der Waals surface area (Å²) < 4.78 is 5.67. The highest BCUT2D eigenvalue weighted by molar-refractivity contribution is 5.67. The molecule has 1 aromatic carbocycles. The molecule has 1 N–H and O–H groups in total. The lowest BCUT2D eigenvalue weighted by Crippen LogP contribution is -2.03. The van der Waals surface area contributed by atoms with Gasteiger partial charge in [-0.15, -0.1) is 0 Å². The van der Waals surface area contributed by atoms with Crippen LogP contribution in [0, 0.1) is 6.92 Å². The zero-order chi connectivity index (χ0) is 12.7. The first-order chi connectivity index (χ1) is 8.13. The van der Waals surface area contributed by atoms with Crippen molar-refractivity contribution in [3.63, 3.8) is 0 Å². The molecule has 0 spiro atoms. The normalized spacial score (nSPS) is 10.2. The van der Waals surface area contributed by atoms with Crippen molar-refractivity contribution in [2.24, 2.45) is 0 Å². The second-order valence-electron chi connectivity index (χ2n) is 4.21. The molecular weight excluding hydrogens is 216 g/mol. The highest BCUT2D eigenvalue weighted by Crippen LogP contribution is 2.22. The second-order valence-corrected chi connectivity index (χ2v) is 4.21. The molecule has 0 unspecified atom stereocenters. The molecule has 1 aromatic rings. The standard InChI is InChI=1S/C14H20O3/c1-3-4-9-17-13-7-5-11(2)10-12(13)6-8-14(15)16/h5,7,10H,3-4,6,8-9H2,1-2H3,(H,15,16). The topological polar surface area (TPSA) is 46.5 Å². The minimum atomic E-state index is -0.772. The molecular formula is C14H20O3. The van der Waals surface area contributed by atoms with E-state index in [9.17, 15) is 4.79 Å². The van der Waals surface area contributed by atoms with Crippen LogP contribution < -0.4 is 4.74 Å². The molecule has 3 heteroatoms. The summed E-state index contributed by atoms with van der Waals surface area (Å²) in [6.07, 6.45) is 2.79. The van der Waals surface area contributed by atoms with Crippen LogP contribution in [-0.2, 0) is 11.2 Å². The fourth-order valence-electron chi connectivity index (χ4n) is 1.61. The Balaban J connectivity index is 2.69. The van der Waals surface area contributed by atoms with Crippen molar-refractivity contribution < 1.29 is 14.6 Å². The quantitative estimate of drug-likeness (QED) is 0.739. The number of carboxylic acids is 1. The van der Waals surface area contributed by atoms with Gasteiger partial charge in [0.25, 0.3) is 0 Å². The van der Waals surface area contributed by atoms with E-state index >= 15 is 0 Å². The summed E-state index contributed by atoms with van der Waals surface area (Å²) in [6.45, 7) is 4.81. The van der Waals surface area contributed by atoms with Crippen LogP contribution in [0.2, 0.25) is 0 Å². The summed E-state index contributed by atoms with van der Waals surface area (Å²) in [5, 5.41) is 8.71. The number of aryl methyl sites for hydroxylation is 2. The van der Waals surface area contributed by atoms with Crippen LogP contribution in [0.25, 0.3) is 0 Å². The number of unbranched alkanes of at least 4 members (excludes halogenated alkanes) is 1. The van der Waals surface area contributed by atoms with Crippen molar-refractivity contribution in [3.8, 4) is 5.75 Å². The van der Waals surface area contributed by atoms with Crippen LogP contribution in [0.1, 0.15) is 37.3 Å². The molecule has 0 bridgehead atoms. The Morgan fingerprint density at radius 1 is 1.41 bits per heavy atom. The molecule has 17 heavy (non-hydrogen) atoms. The molecule has 1 rings (SSSR count).